The summed E-state index contributed by atoms with van der Waals surface area (Å²) in [5.41, 5.74) is 0.833. The van der Waals surface area contributed by atoms with Crippen LogP contribution in [0.2, 0.25) is 5.02 Å². The first-order valence-electron chi connectivity index (χ1n) is 8.42. The number of hydrogen-bond acceptors (Lipinski definition) is 4. The summed E-state index contributed by atoms with van der Waals surface area (Å²) in [7, 11) is 0. The van der Waals surface area contributed by atoms with E-state index in [-0.39, 0.29) is 5.91 Å². The molecule has 1 atom stereocenters. The van der Waals surface area contributed by atoms with Crippen LogP contribution in [0.3, 0.4) is 0 Å². The fourth-order valence-electron chi connectivity index (χ4n) is 2.95. The zero-order valence-electron chi connectivity index (χ0n) is 14.0. The van der Waals surface area contributed by atoms with E-state index >= 15 is 0 Å². The van der Waals surface area contributed by atoms with Gasteiger partial charge in [-0.05, 0) is 54.7 Å². The Morgan fingerprint density at radius 1 is 1.29 bits per heavy atom. The van der Waals surface area contributed by atoms with Crippen molar-refractivity contribution in [2.24, 2.45) is 5.92 Å². The predicted molar refractivity (Wildman–Crippen MR) is 92.6 cm³/mol. The number of aromatic nitrogens is 4. The second-order valence-electron chi connectivity index (χ2n) is 6.37. The molecule has 0 spiro atoms. The van der Waals surface area contributed by atoms with Crippen LogP contribution in [0.1, 0.15) is 39.2 Å². The maximum Gasteiger partial charge on any atom is 0.249 e. The maximum absolute atomic E-state index is 12.8. The van der Waals surface area contributed by atoms with Crippen LogP contribution in [0, 0.1) is 5.92 Å². The lowest BCUT2D eigenvalue weighted by Crippen LogP contribution is -2.42. The van der Waals surface area contributed by atoms with E-state index in [1.807, 2.05) is 24.0 Å². The van der Waals surface area contributed by atoms with Crippen molar-refractivity contribution < 1.29 is 4.79 Å². The molecule has 1 aliphatic rings. The van der Waals surface area contributed by atoms with Gasteiger partial charge in [-0.2, -0.15) is 4.80 Å². The smallest absolute Gasteiger partial charge is 0.249 e. The predicted octanol–water partition coefficient (Wildman–Crippen LogP) is 3.20. The molecule has 0 N–H and O–H groups in total. The van der Waals surface area contributed by atoms with Crippen LogP contribution < -0.4 is 0 Å². The Balaban J connectivity index is 1.76. The van der Waals surface area contributed by atoms with E-state index in [1.54, 1.807) is 12.1 Å². The number of benzene rings is 1. The van der Waals surface area contributed by atoms with Crippen LogP contribution in [-0.2, 0) is 4.79 Å². The van der Waals surface area contributed by atoms with Gasteiger partial charge in [0.05, 0.1) is 0 Å². The number of carbonyl (C=O) groups is 1. The van der Waals surface area contributed by atoms with Crippen molar-refractivity contribution in [1.82, 2.24) is 25.1 Å². The SMILES string of the molecule is CCC(C(=O)N1CCC(C)CC1)n1nnc(-c2ccc(Cl)cc2)n1. The highest BCUT2D eigenvalue weighted by Crippen LogP contribution is 2.22. The lowest BCUT2D eigenvalue weighted by molar-refractivity contribution is -0.137. The third-order valence-corrected chi connectivity index (χ3v) is 4.83. The molecule has 1 amide bonds. The molecule has 1 aromatic carbocycles. The number of halogens is 1. The fraction of sp³-hybridized carbons (Fsp3) is 0.529. The van der Waals surface area contributed by atoms with Crippen molar-refractivity contribution in [3.63, 3.8) is 0 Å². The number of carbonyl (C=O) groups excluding carboxylic acids is 1. The van der Waals surface area contributed by atoms with Crippen molar-refractivity contribution in [2.45, 2.75) is 39.2 Å². The van der Waals surface area contributed by atoms with Crippen molar-refractivity contribution >= 4 is 17.5 Å². The molecular formula is C17H22ClN5O. The van der Waals surface area contributed by atoms with Crippen LogP contribution in [0.5, 0.6) is 0 Å². The molecule has 6 nitrogen and oxygen atoms in total. The minimum absolute atomic E-state index is 0.0875. The van der Waals surface area contributed by atoms with Crippen LogP contribution >= 0.6 is 11.6 Å². The number of piperidine rings is 1. The van der Waals surface area contributed by atoms with Gasteiger partial charge in [-0.15, -0.1) is 10.2 Å². The number of likely N-dealkylation sites (tertiary alicyclic amines) is 1. The number of hydrogen-bond donors (Lipinski definition) is 0. The minimum atomic E-state index is -0.396. The van der Waals surface area contributed by atoms with Gasteiger partial charge in [0, 0.05) is 23.7 Å². The first-order chi connectivity index (χ1) is 11.6. The first-order valence-corrected chi connectivity index (χ1v) is 8.80. The van der Waals surface area contributed by atoms with Gasteiger partial charge in [0.2, 0.25) is 11.7 Å². The number of nitrogens with zero attached hydrogens (tertiary/aromatic N) is 5. The first kappa shape index (κ1) is 16.9. The molecule has 0 saturated carbocycles. The Kier molecular flexibility index (Phi) is 5.14. The van der Waals surface area contributed by atoms with Crippen molar-refractivity contribution in [1.29, 1.82) is 0 Å². The van der Waals surface area contributed by atoms with Crippen molar-refractivity contribution in [2.75, 3.05) is 13.1 Å². The van der Waals surface area contributed by atoms with E-state index in [4.69, 9.17) is 11.6 Å². The number of amides is 1. The highest BCUT2D eigenvalue weighted by atomic mass is 35.5. The van der Waals surface area contributed by atoms with E-state index in [9.17, 15) is 4.79 Å². The molecule has 2 aromatic rings. The quantitative estimate of drug-likeness (QED) is 0.852. The molecule has 7 heteroatoms. The molecule has 1 aromatic heterocycles. The molecule has 0 radical (unpaired) electrons. The van der Waals surface area contributed by atoms with Gasteiger partial charge in [0.25, 0.3) is 0 Å². The standard InChI is InChI=1S/C17H22ClN5O/c1-3-15(17(24)22-10-8-12(2)9-11-22)23-20-16(19-21-23)13-4-6-14(18)7-5-13/h4-7,12,15H,3,8-11H2,1-2H3. The van der Waals surface area contributed by atoms with Gasteiger partial charge in [-0.3, -0.25) is 4.79 Å². The average Bonchev–Trinajstić information content (AvgIpc) is 3.06. The summed E-state index contributed by atoms with van der Waals surface area (Å²) >= 11 is 5.90. The molecular weight excluding hydrogens is 326 g/mol. The highest BCUT2D eigenvalue weighted by Gasteiger charge is 2.29. The molecule has 0 bridgehead atoms. The summed E-state index contributed by atoms with van der Waals surface area (Å²) < 4.78 is 0. The maximum atomic E-state index is 12.8. The summed E-state index contributed by atoms with van der Waals surface area (Å²) in [6.45, 7) is 5.83. The Morgan fingerprint density at radius 3 is 2.58 bits per heavy atom. The summed E-state index contributed by atoms with van der Waals surface area (Å²) in [5.74, 6) is 1.28. The molecule has 24 heavy (non-hydrogen) atoms. The van der Waals surface area contributed by atoms with Crippen LogP contribution in [0.15, 0.2) is 24.3 Å². The Labute approximate surface area is 146 Å². The summed E-state index contributed by atoms with van der Waals surface area (Å²) in [4.78, 5) is 16.2. The van der Waals surface area contributed by atoms with Gasteiger partial charge >= 0.3 is 0 Å². The molecule has 1 unspecified atom stereocenters. The van der Waals surface area contributed by atoms with Gasteiger partial charge in [0.15, 0.2) is 6.04 Å². The normalized spacial score (nSPS) is 17.0. The van der Waals surface area contributed by atoms with Gasteiger partial charge < -0.3 is 4.90 Å². The van der Waals surface area contributed by atoms with E-state index in [0.29, 0.717) is 23.2 Å². The molecule has 1 aliphatic heterocycles. The zero-order valence-corrected chi connectivity index (χ0v) is 14.8. The molecule has 128 valence electrons. The summed E-state index contributed by atoms with van der Waals surface area (Å²) in [6.07, 6.45) is 2.76. The van der Waals surface area contributed by atoms with Gasteiger partial charge in [-0.1, -0.05) is 25.4 Å². The van der Waals surface area contributed by atoms with E-state index in [1.165, 1.54) is 4.80 Å². The van der Waals surface area contributed by atoms with Crippen LogP contribution in [0.25, 0.3) is 11.4 Å². The Bertz CT molecular complexity index is 691. The van der Waals surface area contributed by atoms with Crippen LogP contribution in [0.4, 0.5) is 0 Å². The van der Waals surface area contributed by atoms with Gasteiger partial charge in [0.1, 0.15) is 0 Å². The zero-order chi connectivity index (χ0) is 17.1. The van der Waals surface area contributed by atoms with E-state index < -0.39 is 6.04 Å². The second-order valence-corrected chi connectivity index (χ2v) is 6.81. The topological polar surface area (TPSA) is 63.9 Å². The second kappa shape index (κ2) is 7.30. The monoisotopic (exact) mass is 347 g/mol. The lowest BCUT2D eigenvalue weighted by atomic mass is 9.98. The largest absolute Gasteiger partial charge is 0.341 e. The van der Waals surface area contributed by atoms with E-state index in [2.05, 4.69) is 22.3 Å². The van der Waals surface area contributed by atoms with Crippen molar-refractivity contribution in [3.05, 3.63) is 29.3 Å². The Morgan fingerprint density at radius 2 is 1.96 bits per heavy atom. The Hall–Kier alpha value is -1.95. The molecule has 3 rings (SSSR count). The number of rotatable bonds is 4. The lowest BCUT2D eigenvalue weighted by Gasteiger charge is -2.32. The summed E-state index contributed by atoms with van der Waals surface area (Å²) in [5, 5.41) is 13.3. The minimum Gasteiger partial charge on any atom is -0.341 e. The van der Waals surface area contributed by atoms with E-state index in [0.717, 1.165) is 31.5 Å². The molecule has 1 saturated heterocycles. The molecule has 1 fully saturated rings. The molecule has 2 heterocycles. The third-order valence-electron chi connectivity index (χ3n) is 4.58. The molecule has 0 aliphatic carbocycles. The fourth-order valence-corrected chi connectivity index (χ4v) is 3.07. The van der Waals surface area contributed by atoms with Crippen molar-refractivity contribution in [3.8, 4) is 11.4 Å². The average molecular weight is 348 g/mol. The number of tetrazole rings is 1. The summed E-state index contributed by atoms with van der Waals surface area (Å²) in [6, 6.07) is 6.87. The van der Waals surface area contributed by atoms with Gasteiger partial charge in [-0.25, -0.2) is 0 Å². The van der Waals surface area contributed by atoms with Crippen LogP contribution in [-0.4, -0.2) is 44.1 Å². The highest BCUT2D eigenvalue weighted by molar-refractivity contribution is 6.30. The third kappa shape index (κ3) is 3.59.